The lowest BCUT2D eigenvalue weighted by Crippen LogP contribution is -2.21. The van der Waals surface area contributed by atoms with E-state index in [0.29, 0.717) is 18.8 Å². The van der Waals surface area contributed by atoms with Crippen LogP contribution >= 0.6 is 0 Å². The van der Waals surface area contributed by atoms with Crippen LogP contribution in [0.15, 0.2) is 35.3 Å². The summed E-state index contributed by atoms with van der Waals surface area (Å²) in [6, 6.07) is 7.21. The summed E-state index contributed by atoms with van der Waals surface area (Å²) < 4.78 is 12.4. The number of pyridine rings is 1. The van der Waals surface area contributed by atoms with Gasteiger partial charge in [0.05, 0.1) is 13.2 Å². The number of nitrogen functional groups attached to an aromatic ring is 1. The van der Waals surface area contributed by atoms with Crippen molar-refractivity contribution < 1.29 is 9.47 Å². The number of ether oxygens (including phenoxy) is 2. The molecule has 0 aliphatic carbocycles. The van der Waals surface area contributed by atoms with Gasteiger partial charge in [-0.2, -0.15) is 0 Å². The van der Waals surface area contributed by atoms with Crippen molar-refractivity contribution in [2.75, 3.05) is 12.5 Å². The number of nitrogens with zero attached hydrogens (tertiary/aromatic N) is 1. The second kappa shape index (κ2) is 5.02. The van der Waals surface area contributed by atoms with E-state index in [-0.39, 0.29) is 12.4 Å². The number of aromatic nitrogens is 1. The SMILES string of the molecule is Cc1ccn(Cc2cc(N)cc3c2OCOC3)c(=O)c1. The summed E-state index contributed by atoms with van der Waals surface area (Å²) >= 11 is 0. The van der Waals surface area contributed by atoms with E-state index in [1.807, 2.05) is 25.1 Å². The Bertz CT molecular complexity index is 707. The minimum atomic E-state index is -0.0340. The fourth-order valence-electron chi connectivity index (χ4n) is 2.36. The lowest BCUT2D eigenvalue weighted by atomic mass is 10.1. The van der Waals surface area contributed by atoms with Crippen LogP contribution in [-0.4, -0.2) is 11.4 Å². The van der Waals surface area contributed by atoms with E-state index in [1.165, 1.54) is 0 Å². The van der Waals surface area contributed by atoms with Crippen LogP contribution in [0.1, 0.15) is 16.7 Å². The highest BCUT2D eigenvalue weighted by molar-refractivity contribution is 5.53. The third-order valence-electron chi connectivity index (χ3n) is 3.30. The topological polar surface area (TPSA) is 66.5 Å². The van der Waals surface area contributed by atoms with E-state index in [9.17, 15) is 4.79 Å². The smallest absolute Gasteiger partial charge is 0.251 e. The van der Waals surface area contributed by atoms with Crippen LogP contribution in [0, 0.1) is 6.92 Å². The van der Waals surface area contributed by atoms with Crippen LogP contribution in [-0.2, 0) is 17.9 Å². The maximum absolute atomic E-state index is 12.0. The molecule has 0 amide bonds. The first-order valence-electron chi connectivity index (χ1n) is 6.42. The fraction of sp³-hybridized carbons (Fsp3) is 0.267. The van der Waals surface area contributed by atoms with Crippen molar-refractivity contribution in [3.05, 3.63) is 57.5 Å². The lowest BCUT2D eigenvalue weighted by Gasteiger charge is -2.21. The molecule has 2 heterocycles. The summed E-state index contributed by atoms with van der Waals surface area (Å²) in [5, 5.41) is 0. The second-order valence-corrected chi connectivity index (χ2v) is 4.95. The van der Waals surface area contributed by atoms with Gasteiger partial charge in [0.25, 0.3) is 5.56 Å². The van der Waals surface area contributed by atoms with Gasteiger partial charge in [0, 0.05) is 29.1 Å². The van der Waals surface area contributed by atoms with E-state index >= 15 is 0 Å². The summed E-state index contributed by atoms with van der Waals surface area (Å²) in [6.07, 6.45) is 1.78. The van der Waals surface area contributed by atoms with Crippen LogP contribution in [0.3, 0.4) is 0 Å². The van der Waals surface area contributed by atoms with Gasteiger partial charge in [-0.25, -0.2) is 0 Å². The Morgan fingerprint density at radius 3 is 3.00 bits per heavy atom. The highest BCUT2D eigenvalue weighted by atomic mass is 16.7. The van der Waals surface area contributed by atoms with Gasteiger partial charge in [0.2, 0.25) is 0 Å². The Hall–Kier alpha value is -2.27. The number of rotatable bonds is 2. The van der Waals surface area contributed by atoms with Gasteiger partial charge in [0.15, 0.2) is 6.79 Å². The zero-order valence-electron chi connectivity index (χ0n) is 11.3. The monoisotopic (exact) mass is 272 g/mol. The molecule has 1 aliphatic rings. The number of aryl methyl sites for hydroxylation is 1. The molecule has 0 saturated carbocycles. The van der Waals surface area contributed by atoms with Gasteiger partial charge < -0.3 is 19.8 Å². The van der Waals surface area contributed by atoms with Gasteiger partial charge in [0.1, 0.15) is 5.75 Å². The molecule has 3 rings (SSSR count). The molecule has 0 unspecified atom stereocenters. The molecule has 2 N–H and O–H groups in total. The van der Waals surface area contributed by atoms with Crippen molar-refractivity contribution in [1.29, 1.82) is 0 Å². The van der Waals surface area contributed by atoms with Crippen molar-refractivity contribution in [1.82, 2.24) is 4.57 Å². The first-order chi connectivity index (χ1) is 9.63. The predicted octanol–water partition coefficient (Wildman–Crippen LogP) is 1.65. The summed E-state index contributed by atoms with van der Waals surface area (Å²) in [4.78, 5) is 12.0. The van der Waals surface area contributed by atoms with Crippen molar-refractivity contribution in [3.8, 4) is 5.75 Å². The highest BCUT2D eigenvalue weighted by Gasteiger charge is 2.16. The maximum Gasteiger partial charge on any atom is 0.251 e. The van der Waals surface area contributed by atoms with Crippen LogP contribution in [0.2, 0.25) is 0 Å². The molecule has 0 radical (unpaired) electrons. The van der Waals surface area contributed by atoms with E-state index in [0.717, 1.165) is 22.4 Å². The van der Waals surface area contributed by atoms with Crippen molar-refractivity contribution >= 4 is 5.69 Å². The standard InChI is InChI=1S/C15H16N2O3/c1-10-2-3-17(14(18)4-10)7-11-5-13(16)6-12-8-19-9-20-15(11)12/h2-6H,7-9,16H2,1H3. The summed E-state index contributed by atoms with van der Waals surface area (Å²) in [5.41, 5.74) is 9.28. The molecule has 1 aromatic carbocycles. The number of hydrogen-bond acceptors (Lipinski definition) is 4. The molecule has 20 heavy (non-hydrogen) atoms. The summed E-state index contributed by atoms with van der Waals surface area (Å²) in [5.74, 6) is 0.776. The largest absolute Gasteiger partial charge is 0.467 e. The lowest BCUT2D eigenvalue weighted by molar-refractivity contribution is -0.0170. The molecule has 5 nitrogen and oxygen atoms in total. The van der Waals surface area contributed by atoms with E-state index < -0.39 is 0 Å². The zero-order chi connectivity index (χ0) is 14.1. The molecular weight excluding hydrogens is 256 g/mol. The molecule has 1 aliphatic heterocycles. The normalized spacial score (nSPS) is 13.7. The molecule has 2 aromatic rings. The molecule has 0 fully saturated rings. The molecule has 104 valence electrons. The number of fused-ring (bicyclic) bond motifs is 1. The minimum absolute atomic E-state index is 0.0340. The van der Waals surface area contributed by atoms with Gasteiger partial charge in [-0.1, -0.05) is 0 Å². The average molecular weight is 272 g/mol. The first-order valence-corrected chi connectivity index (χ1v) is 6.42. The number of benzene rings is 1. The van der Waals surface area contributed by atoms with Crippen LogP contribution in [0.5, 0.6) is 5.75 Å². The third kappa shape index (κ3) is 2.40. The zero-order valence-corrected chi connectivity index (χ0v) is 11.3. The molecule has 0 spiro atoms. The van der Waals surface area contributed by atoms with E-state index in [4.69, 9.17) is 15.2 Å². The summed E-state index contributed by atoms with van der Waals surface area (Å²) in [6.45, 7) is 3.05. The Balaban J connectivity index is 2.02. The second-order valence-electron chi connectivity index (χ2n) is 4.95. The molecule has 0 atom stereocenters. The number of hydrogen-bond donors (Lipinski definition) is 1. The number of anilines is 1. The van der Waals surface area contributed by atoms with E-state index in [2.05, 4.69) is 0 Å². The van der Waals surface area contributed by atoms with Crippen LogP contribution in [0.4, 0.5) is 5.69 Å². The van der Waals surface area contributed by atoms with Crippen LogP contribution in [0.25, 0.3) is 0 Å². The Kier molecular flexibility index (Phi) is 3.20. The number of nitrogens with two attached hydrogens (primary N) is 1. The quantitative estimate of drug-likeness (QED) is 0.844. The van der Waals surface area contributed by atoms with Gasteiger partial charge in [-0.15, -0.1) is 0 Å². The Labute approximate surface area is 116 Å². The Morgan fingerprint density at radius 2 is 2.20 bits per heavy atom. The molecule has 0 bridgehead atoms. The molecule has 1 aromatic heterocycles. The van der Waals surface area contributed by atoms with Crippen molar-refractivity contribution in [2.24, 2.45) is 0 Å². The molecule has 5 heteroatoms. The maximum atomic E-state index is 12.0. The highest BCUT2D eigenvalue weighted by Crippen LogP contribution is 2.31. The molecular formula is C15H16N2O3. The van der Waals surface area contributed by atoms with Gasteiger partial charge in [-0.3, -0.25) is 4.79 Å². The fourth-order valence-corrected chi connectivity index (χ4v) is 2.36. The van der Waals surface area contributed by atoms with Gasteiger partial charge in [-0.05, 0) is 30.7 Å². The predicted molar refractivity (Wildman–Crippen MR) is 75.7 cm³/mol. The van der Waals surface area contributed by atoms with Crippen molar-refractivity contribution in [2.45, 2.75) is 20.1 Å². The third-order valence-corrected chi connectivity index (χ3v) is 3.30. The Morgan fingerprint density at radius 1 is 1.35 bits per heavy atom. The van der Waals surface area contributed by atoms with Crippen LogP contribution < -0.4 is 16.0 Å². The first kappa shape index (κ1) is 12.7. The van der Waals surface area contributed by atoms with E-state index in [1.54, 1.807) is 16.8 Å². The summed E-state index contributed by atoms with van der Waals surface area (Å²) in [7, 11) is 0. The minimum Gasteiger partial charge on any atom is -0.467 e. The molecule has 0 saturated heterocycles. The van der Waals surface area contributed by atoms with Crippen molar-refractivity contribution in [3.63, 3.8) is 0 Å². The average Bonchev–Trinajstić information content (AvgIpc) is 2.41. The van der Waals surface area contributed by atoms with Gasteiger partial charge >= 0.3 is 0 Å².